The Labute approximate surface area is 122 Å². The molecule has 3 nitrogen and oxygen atoms in total. The summed E-state index contributed by atoms with van der Waals surface area (Å²) in [6.45, 7) is 4.02. The van der Waals surface area contributed by atoms with E-state index in [1.807, 2.05) is 38.1 Å². The van der Waals surface area contributed by atoms with Gasteiger partial charge in [0.15, 0.2) is 0 Å². The molecular weight excluding hydrogens is 360 g/mol. The van der Waals surface area contributed by atoms with Crippen molar-refractivity contribution in [3.8, 4) is 5.69 Å². The maximum Gasteiger partial charge on any atom is 0.0763 e. The molecule has 1 heterocycles. The molecule has 0 saturated heterocycles. The van der Waals surface area contributed by atoms with Crippen LogP contribution in [-0.2, 0) is 0 Å². The van der Waals surface area contributed by atoms with Gasteiger partial charge in [0.05, 0.1) is 6.21 Å². The number of hydrogen-bond acceptors (Lipinski definition) is 2. The summed E-state index contributed by atoms with van der Waals surface area (Å²) in [6, 6.07) is 8.08. The Morgan fingerprint density at radius 2 is 1.72 bits per heavy atom. The lowest BCUT2D eigenvalue weighted by atomic mass is 10.2. The highest BCUT2D eigenvalue weighted by Gasteiger charge is 2.15. The first kappa shape index (κ1) is 13.4. The van der Waals surface area contributed by atoms with Crippen molar-refractivity contribution in [2.24, 2.45) is 5.16 Å². The number of hydrogen-bond donors (Lipinski definition) is 1. The van der Waals surface area contributed by atoms with E-state index in [2.05, 4.69) is 41.6 Å². The van der Waals surface area contributed by atoms with Crippen molar-refractivity contribution < 1.29 is 5.21 Å². The van der Waals surface area contributed by atoms with Gasteiger partial charge in [0, 0.05) is 31.6 Å². The Kier molecular flexibility index (Phi) is 3.92. The Hall–Kier alpha value is -1.07. The number of rotatable bonds is 2. The van der Waals surface area contributed by atoms with E-state index < -0.39 is 0 Å². The second-order valence-corrected chi connectivity index (χ2v) is 5.66. The zero-order valence-electron chi connectivity index (χ0n) is 9.98. The first-order chi connectivity index (χ1) is 8.56. The van der Waals surface area contributed by atoms with Gasteiger partial charge in [-0.25, -0.2) is 0 Å². The predicted molar refractivity (Wildman–Crippen MR) is 80.0 cm³/mol. The van der Waals surface area contributed by atoms with Crippen LogP contribution in [0.2, 0.25) is 0 Å². The molecule has 0 bridgehead atoms. The summed E-state index contributed by atoms with van der Waals surface area (Å²) < 4.78 is 4.11. The fraction of sp³-hybridized carbons (Fsp3) is 0.154. The molecule has 94 valence electrons. The monoisotopic (exact) mass is 370 g/mol. The van der Waals surface area contributed by atoms with Crippen LogP contribution < -0.4 is 0 Å². The minimum absolute atomic E-state index is 0.887. The second-order valence-electron chi connectivity index (χ2n) is 3.95. The molecule has 0 saturated carbocycles. The number of benzene rings is 1. The lowest BCUT2D eigenvalue weighted by molar-refractivity contribution is 0.322. The van der Waals surface area contributed by atoms with Crippen molar-refractivity contribution in [3.63, 3.8) is 0 Å². The van der Waals surface area contributed by atoms with E-state index in [9.17, 15) is 0 Å². The van der Waals surface area contributed by atoms with E-state index in [1.165, 1.54) is 6.21 Å². The molecule has 0 unspecified atom stereocenters. The van der Waals surface area contributed by atoms with Crippen LogP contribution in [0, 0.1) is 13.8 Å². The summed E-state index contributed by atoms with van der Waals surface area (Å²) in [7, 11) is 0. The smallest absolute Gasteiger partial charge is 0.0763 e. The Morgan fingerprint density at radius 3 is 2.28 bits per heavy atom. The van der Waals surface area contributed by atoms with Gasteiger partial charge in [-0.1, -0.05) is 21.1 Å². The average molecular weight is 372 g/mol. The zero-order chi connectivity index (χ0) is 13.3. The summed E-state index contributed by atoms with van der Waals surface area (Å²) in [5.41, 5.74) is 4.06. The molecule has 18 heavy (non-hydrogen) atoms. The topological polar surface area (TPSA) is 37.5 Å². The van der Waals surface area contributed by atoms with Gasteiger partial charge in [-0.2, -0.15) is 0 Å². The third kappa shape index (κ3) is 2.24. The summed E-state index contributed by atoms with van der Waals surface area (Å²) in [5, 5.41) is 11.8. The maximum atomic E-state index is 8.71. The number of nitrogens with zero attached hydrogens (tertiary/aromatic N) is 2. The van der Waals surface area contributed by atoms with E-state index >= 15 is 0 Å². The van der Waals surface area contributed by atoms with Gasteiger partial charge >= 0.3 is 0 Å². The van der Waals surface area contributed by atoms with Crippen LogP contribution in [0.3, 0.4) is 0 Å². The molecular formula is C13H12Br2N2O. The van der Waals surface area contributed by atoms with Gasteiger partial charge in [-0.3, -0.25) is 0 Å². The van der Waals surface area contributed by atoms with Crippen LogP contribution in [0.5, 0.6) is 0 Å². The van der Waals surface area contributed by atoms with Gasteiger partial charge in [0.1, 0.15) is 0 Å². The van der Waals surface area contributed by atoms with Crippen LogP contribution in [0.15, 0.2) is 38.4 Å². The van der Waals surface area contributed by atoms with E-state index in [0.29, 0.717) is 0 Å². The van der Waals surface area contributed by atoms with E-state index in [1.54, 1.807) is 0 Å². The number of halogens is 2. The van der Waals surface area contributed by atoms with Gasteiger partial charge in [0.25, 0.3) is 0 Å². The highest BCUT2D eigenvalue weighted by molar-refractivity contribution is 9.10. The molecule has 0 amide bonds. The third-order valence-electron chi connectivity index (χ3n) is 2.89. The highest BCUT2D eigenvalue weighted by atomic mass is 79.9. The minimum atomic E-state index is 0.887. The van der Waals surface area contributed by atoms with Gasteiger partial charge in [-0.15, -0.1) is 0 Å². The lowest BCUT2D eigenvalue weighted by Crippen LogP contribution is -1.99. The fourth-order valence-electron chi connectivity index (χ4n) is 2.01. The Morgan fingerprint density at radius 1 is 1.11 bits per heavy atom. The molecule has 2 rings (SSSR count). The average Bonchev–Trinajstić information content (AvgIpc) is 2.56. The molecule has 0 aliphatic heterocycles. The van der Waals surface area contributed by atoms with Crippen LogP contribution in [0.1, 0.15) is 17.0 Å². The molecule has 5 heteroatoms. The zero-order valence-corrected chi connectivity index (χ0v) is 13.2. The second kappa shape index (κ2) is 5.28. The maximum absolute atomic E-state index is 8.71. The van der Waals surface area contributed by atoms with Crippen LogP contribution in [0.4, 0.5) is 0 Å². The largest absolute Gasteiger partial charge is 0.411 e. The minimum Gasteiger partial charge on any atom is -0.411 e. The van der Waals surface area contributed by atoms with Crippen LogP contribution in [0.25, 0.3) is 5.69 Å². The summed E-state index contributed by atoms with van der Waals surface area (Å²) in [5.74, 6) is 0. The highest BCUT2D eigenvalue weighted by Crippen LogP contribution is 2.29. The standard InChI is InChI=1S/C13H12Br2N2O/c1-8-12(7-16-18)13(15)9(2)17(8)11-5-3-10(14)4-6-11/h3-7,18H,1-2H3. The predicted octanol–water partition coefficient (Wildman–Crippen LogP) is 4.43. The van der Waals surface area contributed by atoms with Crippen molar-refractivity contribution in [2.75, 3.05) is 0 Å². The van der Waals surface area contributed by atoms with E-state index in [4.69, 9.17) is 5.21 Å². The molecule has 1 aromatic heterocycles. The SMILES string of the molecule is Cc1c(Br)c(C=NO)c(C)n1-c1ccc(Br)cc1. The molecule has 0 fully saturated rings. The molecule has 1 N–H and O–H groups in total. The third-order valence-corrected chi connectivity index (χ3v) is 4.42. The molecule has 1 aromatic carbocycles. The lowest BCUT2D eigenvalue weighted by Gasteiger charge is -2.09. The van der Waals surface area contributed by atoms with Crippen molar-refractivity contribution >= 4 is 38.1 Å². The van der Waals surface area contributed by atoms with Crippen LogP contribution in [-0.4, -0.2) is 16.0 Å². The van der Waals surface area contributed by atoms with Crippen molar-refractivity contribution in [2.45, 2.75) is 13.8 Å². The van der Waals surface area contributed by atoms with Crippen molar-refractivity contribution in [1.82, 2.24) is 4.57 Å². The van der Waals surface area contributed by atoms with E-state index in [0.717, 1.165) is 31.6 Å². The fourth-order valence-corrected chi connectivity index (χ4v) is 2.84. The van der Waals surface area contributed by atoms with Gasteiger partial charge in [0.2, 0.25) is 0 Å². The molecule has 0 atom stereocenters. The first-order valence-electron chi connectivity index (χ1n) is 5.37. The van der Waals surface area contributed by atoms with Gasteiger partial charge in [-0.05, 0) is 54.0 Å². The van der Waals surface area contributed by atoms with Gasteiger partial charge < -0.3 is 9.77 Å². The van der Waals surface area contributed by atoms with E-state index in [-0.39, 0.29) is 0 Å². The van der Waals surface area contributed by atoms with Crippen LogP contribution >= 0.6 is 31.9 Å². The summed E-state index contributed by atoms with van der Waals surface area (Å²) >= 11 is 6.96. The number of aromatic nitrogens is 1. The summed E-state index contributed by atoms with van der Waals surface area (Å²) in [6.07, 6.45) is 1.45. The Balaban J connectivity index is 2.65. The molecule has 0 radical (unpaired) electrons. The quantitative estimate of drug-likeness (QED) is 0.473. The molecule has 0 spiro atoms. The van der Waals surface area contributed by atoms with Crippen molar-refractivity contribution in [1.29, 1.82) is 0 Å². The molecule has 0 aliphatic carbocycles. The normalized spacial score (nSPS) is 11.3. The molecule has 0 aliphatic rings. The first-order valence-corrected chi connectivity index (χ1v) is 6.95. The number of oxime groups is 1. The molecule has 2 aromatic rings. The Bertz CT molecular complexity index is 600. The summed E-state index contributed by atoms with van der Waals surface area (Å²) in [4.78, 5) is 0. The van der Waals surface area contributed by atoms with Crippen molar-refractivity contribution in [3.05, 3.63) is 50.2 Å².